The predicted octanol–water partition coefficient (Wildman–Crippen LogP) is 2.49. The number of nitrogens with one attached hydrogen (secondary N) is 1. The molecule has 10 heteroatoms. The van der Waals surface area contributed by atoms with Crippen molar-refractivity contribution in [1.29, 1.82) is 0 Å². The zero-order chi connectivity index (χ0) is 21.5. The minimum absolute atomic E-state index is 0.0676. The van der Waals surface area contributed by atoms with Crippen LogP contribution in [0.5, 0.6) is 0 Å². The van der Waals surface area contributed by atoms with E-state index in [0.717, 1.165) is 10.7 Å². The molecule has 1 aliphatic rings. The molecule has 2 aromatic heterocycles. The van der Waals surface area contributed by atoms with E-state index in [1.165, 1.54) is 6.20 Å². The lowest BCUT2D eigenvalue weighted by Gasteiger charge is -2.38. The van der Waals surface area contributed by atoms with Gasteiger partial charge in [-0.2, -0.15) is 0 Å². The van der Waals surface area contributed by atoms with E-state index in [4.69, 9.17) is 11.6 Å². The fourth-order valence-corrected chi connectivity index (χ4v) is 3.28. The maximum absolute atomic E-state index is 13.0. The third-order valence-corrected chi connectivity index (χ3v) is 5.10. The van der Waals surface area contributed by atoms with Gasteiger partial charge in [-0.05, 0) is 30.7 Å². The van der Waals surface area contributed by atoms with Gasteiger partial charge in [-0.25, -0.2) is 24.7 Å². The number of imidazole rings is 1. The van der Waals surface area contributed by atoms with Crippen molar-refractivity contribution in [1.82, 2.24) is 14.5 Å². The van der Waals surface area contributed by atoms with Crippen LogP contribution in [0.1, 0.15) is 34.5 Å². The molecule has 0 aliphatic heterocycles. The summed E-state index contributed by atoms with van der Waals surface area (Å²) in [6, 6.07) is 10.1. The first-order chi connectivity index (χ1) is 14.2. The average Bonchev–Trinajstić information content (AvgIpc) is 3.11. The van der Waals surface area contributed by atoms with Gasteiger partial charge in [0.05, 0.1) is 12.2 Å². The fraction of sp³-hybridized carbons (Fsp3) is 0.250. The Labute approximate surface area is 171 Å². The Morgan fingerprint density at radius 3 is 2.83 bits per heavy atom. The van der Waals surface area contributed by atoms with E-state index in [2.05, 4.69) is 15.4 Å². The lowest BCUT2D eigenvalue weighted by atomic mass is 9.88. The number of amides is 1. The van der Waals surface area contributed by atoms with Gasteiger partial charge < -0.3 is 11.1 Å². The molecular weight excluding hydrogens is 392 g/mol. The van der Waals surface area contributed by atoms with Crippen molar-refractivity contribution in [2.75, 3.05) is 5.32 Å². The fourth-order valence-electron chi connectivity index (χ4n) is 3.28. The minimum atomic E-state index is -2.70. The van der Waals surface area contributed by atoms with Gasteiger partial charge in [0.1, 0.15) is 11.3 Å². The van der Waals surface area contributed by atoms with Gasteiger partial charge >= 0.3 is 0 Å². The Kier molecular flexibility index (Phi) is 4.86. The molecule has 1 amide bonds. The van der Waals surface area contributed by atoms with Crippen LogP contribution in [0.25, 0.3) is 5.65 Å². The first-order valence-electron chi connectivity index (χ1n) is 9.34. The van der Waals surface area contributed by atoms with Crippen LogP contribution in [-0.4, -0.2) is 38.2 Å². The summed E-state index contributed by atoms with van der Waals surface area (Å²) >= 11 is 0. The van der Waals surface area contributed by atoms with Gasteiger partial charge in [-0.1, -0.05) is 18.2 Å². The highest BCUT2D eigenvalue weighted by molar-refractivity contribution is 6.05. The van der Waals surface area contributed by atoms with Crippen LogP contribution in [0.15, 0.2) is 53.9 Å². The van der Waals surface area contributed by atoms with Crippen LogP contribution in [0.3, 0.4) is 0 Å². The third kappa shape index (κ3) is 3.81. The van der Waals surface area contributed by atoms with Crippen molar-refractivity contribution in [2.24, 2.45) is 16.7 Å². The molecule has 4 rings (SSSR count). The molecule has 156 valence electrons. The molecule has 2 heterocycles. The summed E-state index contributed by atoms with van der Waals surface area (Å²) in [6.45, 7) is 1.84. The number of hydrazone groups is 1. The van der Waals surface area contributed by atoms with Crippen LogP contribution < -0.4 is 16.9 Å². The number of hydrogen-bond donors (Lipinski definition) is 3. The summed E-state index contributed by atoms with van der Waals surface area (Å²) in [5, 5.41) is 7.85. The van der Waals surface area contributed by atoms with E-state index in [9.17, 15) is 13.6 Å². The number of anilines is 1. The number of aryl methyl sites for hydroxylation is 1. The number of benzene rings is 1. The van der Waals surface area contributed by atoms with Gasteiger partial charge in [0.15, 0.2) is 5.84 Å². The van der Waals surface area contributed by atoms with Crippen LogP contribution in [0, 0.1) is 6.92 Å². The first-order valence-corrected chi connectivity index (χ1v) is 9.34. The molecule has 30 heavy (non-hydrogen) atoms. The molecule has 0 atom stereocenters. The number of aromatic nitrogens is 2. The summed E-state index contributed by atoms with van der Waals surface area (Å²) in [5.74, 6) is 2.79. The molecule has 0 spiro atoms. The van der Waals surface area contributed by atoms with Crippen molar-refractivity contribution in [2.45, 2.75) is 31.7 Å². The highest BCUT2D eigenvalue weighted by Gasteiger charge is 2.47. The molecular formula is C20H21F2N7O. The largest absolute Gasteiger partial charge is 0.382 e. The molecule has 0 saturated heterocycles. The van der Waals surface area contributed by atoms with E-state index in [0.29, 0.717) is 22.6 Å². The molecule has 0 bridgehead atoms. The summed E-state index contributed by atoms with van der Waals surface area (Å²) < 4.78 is 27.8. The summed E-state index contributed by atoms with van der Waals surface area (Å²) in [5.41, 5.74) is 8.93. The number of nitrogens with two attached hydrogens (primary N) is 2. The lowest BCUT2D eigenvalue weighted by molar-refractivity contribution is -0.124. The van der Waals surface area contributed by atoms with E-state index >= 15 is 0 Å². The normalized spacial score (nSPS) is 16.3. The Balaban J connectivity index is 1.53. The number of carbonyl (C=O) groups is 1. The number of fused-ring (bicyclic) bond motifs is 1. The van der Waals surface area contributed by atoms with Crippen molar-refractivity contribution in [3.8, 4) is 0 Å². The number of pyridine rings is 1. The van der Waals surface area contributed by atoms with Gasteiger partial charge in [0.25, 0.3) is 11.8 Å². The Morgan fingerprint density at radius 1 is 1.33 bits per heavy atom. The van der Waals surface area contributed by atoms with Gasteiger partial charge in [-0.15, -0.1) is 5.10 Å². The number of hydrazine groups is 1. The molecule has 0 radical (unpaired) electrons. The van der Waals surface area contributed by atoms with Gasteiger partial charge in [0, 0.05) is 30.3 Å². The molecule has 1 saturated carbocycles. The number of amidine groups is 1. The molecule has 5 N–H and O–H groups in total. The van der Waals surface area contributed by atoms with Crippen molar-refractivity contribution in [3.05, 3.63) is 65.6 Å². The van der Waals surface area contributed by atoms with Crippen LogP contribution in [0.2, 0.25) is 0 Å². The van der Waals surface area contributed by atoms with Crippen LogP contribution >= 0.6 is 0 Å². The zero-order valence-corrected chi connectivity index (χ0v) is 16.2. The summed E-state index contributed by atoms with van der Waals surface area (Å²) in [6.07, 6.45) is 2.55. The smallest absolute Gasteiger partial charge is 0.274 e. The maximum atomic E-state index is 13.0. The highest BCUT2D eigenvalue weighted by Crippen LogP contribution is 2.39. The molecule has 0 unspecified atom stereocenters. The third-order valence-electron chi connectivity index (χ3n) is 5.10. The second-order valence-corrected chi connectivity index (χ2v) is 7.34. The van der Waals surface area contributed by atoms with E-state index < -0.39 is 12.0 Å². The number of nitrogens with zero attached hydrogens (tertiary/aromatic N) is 4. The predicted molar refractivity (Wildman–Crippen MR) is 109 cm³/mol. The van der Waals surface area contributed by atoms with E-state index in [1.54, 1.807) is 34.9 Å². The lowest BCUT2D eigenvalue weighted by Crippen LogP contribution is -2.52. The second kappa shape index (κ2) is 7.38. The van der Waals surface area contributed by atoms with Crippen molar-refractivity contribution >= 4 is 23.1 Å². The first kappa shape index (κ1) is 19.8. The Bertz CT molecular complexity index is 1130. The molecule has 8 nitrogen and oxygen atoms in total. The van der Waals surface area contributed by atoms with E-state index in [-0.39, 0.29) is 24.6 Å². The number of alkyl halides is 2. The van der Waals surface area contributed by atoms with Gasteiger partial charge in [-0.3, -0.25) is 9.20 Å². The zero-order valence-electron chi connectivity index (χ0n) is 16.2. The van der Waals surface area contributed by atoms with Crippen LogP contribution in [-0.2, 0) is 0 Å². The number of carbonyl (C=O) groups excluding carboxylic acids is 1. The van der Waals surface area contributed by atoms with E-state index in [1.807, 2.05) is 19.1 Å². The SMILES string of the molecule is Cc1ccc(/C(N)=N/N(N)C2CC(F)(F)C2)cc1NC(=O)c1cnc2ccccn12. The quantitative estimate of drug-likeness (QED) is 0.257. The van der Waals surface area contributed by atoms with Crippen LogP contribution in [0.4, 0.5) is 14.5 Å². The molecule has 3 aromatic rings. The number of rotatable bonds is 5. The number of hydrogen-bond acceptors (Lipinski definition) is 5. The maximum Gasteiger partial charge on any atom is 0.274 e. The van der Waals surface area contributed by atoms with Crippen molar-refractivity contribution in [3.63, 3.8) is 0 Å². The standard InChI is InChI=1S/C20H21F2N7O/c1-12-5-6-13(18(23)27-29(24)14-9-20(21,22)10-14)8-15(12)26-19(30)16-11-25-17-4-2-3-7-28(16)17/h2-8,11,14H,9-10,24H2,1H3,(H2,23,27)(H,26,30). The van der Waals surface area contributed by atoms with Gasteiger partial charge in [0.2, 0.25) is 0 Å². The number of halogens is 2. The summed E-state index contributed by atoms with van der Waals surface area (Å²) in [7, 11) is 0. The monoisotopic (exact) mass is 413 g/mol. The Morgan fingerprint density at radius 2 is 2.10 bits per heavy atom. The molecule has 1 aromatic carbocycles. The second-order valence-electron chi connectivity index (χ2n) is 7.34. The highest BCUT2D eigenvalue weighted by atomic mass is 19.3. The molecule has 1 fully saturated rings. The summed E-state index contributed by atoms with van der Waals surface area (Å²) in [4.78, 5) is 17.0. The minimum Gasteiger partial charge on any atom is -0.382 e. The average molecular weight is 413 g/mol. The van der Waals surface area contributed by atoms with Crippen molar-refractivity contribution < 1.29 is 13.6 Å². The Hall–Kier alpha value is -3.53. The topological polar surface area (TPSA) is 114 Å². The molecule has 1 aliphatic carbocycles.